The lowest BCUT2D eigenvalue weighted by molar-refractivity contribution is 0.0601. The maximum atomic E-state index is 12.7. The molecule has 2 rings (SSSR count). The molecule has 0 N–H and O–H groups in total. The monoisotopic (exact) mass is 222 g/mol. The van der Waals surface area contributed by atoms with E-state index in [0.29, 0.717) is 17.9 Å². The Morgan fingerprint density at radius 1 is 1.25 bits per heavy atom. The Kier molecular flexibility index (Phi) is 3.67. The van der Waals surface area contributed by atoms with Gasteiger partial charge in [0.05, 0.1) is 0 Å². The fraction of sp³-hybridized carbons (Fsp3) is 0.462. The molecule has 1 saturated heterocycles. The molecule has 0 amide bonds. The molecule has 0 atom stereocenters. The summed E-state index contributed by atoms with van der Waals surface area (Å²) in [5.41, 5.74) is 0.605. The van der Waals surface area contributed by atoms with E-state index in [0.717, 1.165) is 26.1 Å². The van der Waals surface area contributed by atoms with E-state index >= 15 is 0 Å². The van der Waals surface area contributed by atoms with Gasteiger partial charge in [-0.25, -0.2) is 4.39 Å². The van der Waals surface area contributed by atoms with Gasteiger partial charge in [0.2, 0.25) is 0 Å². The highest BCUT2D eigenvalue weighted by Gasteiger charge is 2.18. The van der Waals surface area contributed by atoms with E-state index in [2.05, 4.69) is 0 Å². The molecule has 0 bridgehead atoms. The predicted molar refractivity (Wildman–Crippen MR) is 58.9 cm³/mol. The van der Waals surface area contributed by atoms with Crippen LogP contribution in [0.15, 0.2) is 24.3 Å². The molecule has 1 fully saturated rings. The summed E-state index contributed by atoms with van der Waals surface area (Å²) in [5, 5.41) is 0. The standard InChI is InChI=1S/C13H15FO2/c14-12-3-1-11(2-4-12)13(15)9-10-5-7-16-8-6-10/h1-4,10H,5-9H2. The van der Waals surface area contributed by atoms with Gasteiger partial charge in [-0.1, -0.05) is 0 Å². The zero-order chi connectivity index (χ0) is 11.4. The summed E-state index contributed by atoms with van der Waals surface area (Å²) in [6.07, 6.45) is 2.45. The van der Waals surface area contributed by atoms with Crippen molar-refractivity contribution in [2.45, 2.75) is 19.3 Å². The van der Waals surface area contributed by atoms with Crippen LogP contribution in [0.2, 0.25) is 0 Å². The van der Waals surface area contributed by atoms with Crippen LogP contribution in [0.5, 0.6) is 0 Å². The Balaban J connectivity index is 1.94. The average molecular weight is 222 g/mol. The van der Waals surface area contributed by atoms with Crippen LogP contribution < -0.4 is 0 Å². The fourth-order valence-electron chi connectivity index (χ4n) is 1.97. The first-order valence-corrected chi connectivity index (χ1v) is 5.62. The number of carbonyl (C=O) groups is 1. The largest absolute Gasteiger partial charge is 0.381 e. The first-order valence-electron chi connectivity index (χ1n) is 5.62. The van der Waals surface area contributed by atoms with Gasteiger partial charge < -0.3 is 4.74 Å². The summed E-state index contributed by atoms with van der Waals surface area (Å²) < 4.78 is 17.9. The van der Waals surface area contributed by atoms with Gasteiger partial charge in [0.1, 0.15) is 5.82 Å². The van der Waals surface area contributed by atoms with E-state index in [1.54, 1.807) is 12.1 Å². The number of rotatable bonds is 3. The lowest BCUT2D eigenvalue weighted by atomic mass is 9.92. The molecule has 1 heterocycles. The number of halogens is 1. The smallest absolute Gasteiger partial charge is 0.163 e. The molecular weight excluding hydrogens is 207 g/mol. The SMILES string of the molecule is O=C(CC1CCOCC1)c1ccc(F)cc1. The van der Waals surface area contributed by atoms with Crippen LogP contribution in [-0.2, 0) is 4.74 Å². The van der Waals surface area contributed by atoms with Crippen molar-refractivity contribution in [2.24, 2.45) is 5.92 Å². The van der Waals surface area contributed by atoms with E-state index in [1.807, 2.05) is 0 Å². The summed E-state index contributed by atoms with van der Waals surface area (Å²) in [7, 11) is 0. The molecule has 0 unspecified atom stereocenters. The molecule has 2 nitrogen and oxygen atoms in total. The van der Waals surface area contributed by atoms with Crippen LogP contribution in [0, 0.1) is 11.7 Å². The van der Waals surface area contributed by atoms with Crippen molar-refractivity contribution in [3.8, 4) is 0 Å². The number of ketones is 1. The van der Waals surface area contributed by atoms with Gasteiger partial charge in [0, 0.05) is 25.2 Å². The second-order valence-electron chi connectivity index (χ2n) is 4.19. The minimum atomic E-state index is -0.303. The summed E-state index contributed by atoms with van der Waals surface area (Å²) >= 11 is 0. The third kappa shape index (κ3) is 2.89. The first-order chi connectivity index (χ1) is 7.75. The molecule has 3 heteroatoms. The Bertz CT molecular complexity index is 353. The van der Waals surface area contributed by atoms with E-state index in [-0.39, 0.29) is 11.6 Å². The molecule has 1 aromatic carbocycles. The molecule has 0 aromatic heterocycles. The molecule has 0 radical (unpaired) electrons. The van der Waals surface area contributed by atoms with Crippen molar-refractivity contribution in [3.05, 3.63) is 35.6 Å². The van der Waals surface area contributed by atoms with Crippen molar-refractivity contribution >= 4 is 5.78 Å². The molecule has 16 heavy (non-hydrogen) atoms. The zero-order valence-corrected chi connectivity index (χ0v) is 9.12. The summed E-state index contributed by atoms with van der Waals surface area (Å²) in [6.45, 7) is 1.50. The van der Waals surface area contributed by atoms with Crippen LogP contribution in [0.1, 0.15) is 29.6 Å². The lowest BCUT2D eigenvalue weighted by Crippen LogP contribution is -2.18. The van der Waals surface area contributed by atoms with Gasteiger partial charge in [0.25, 0.3) is 0 Å². The summed E-state index contributed by atoms with van der Waals surface area (Å²) in [6, 6.07) is 5.77. The molecule has 0 aliphatic carbocycles. The number of carbonyl (C=O) groups excluding carboxylic acids is 1. The number of hydrogen-bond acceptors (Lipinski definition) is 2. The van der Waals surface area contributed by atoms with Gasteiger partial charge in [-0.05, 0) is 43.0 Å². The van der Waals surface area contributed by atoms with Crippen molar-refractivity contribution in [3.63, 3.8) is 0 Å². The maximum absolute atomic E-state index is 12.7. The second-order valence-corrected chi connectivity index (χ2v) is 4.19. The minimum absolute atomic E-state index is 0.104. The van der Waals surface area contributed by atoms with Crippen LogP contribution >= 0.6 is 0 Å². The third-order valence-electron chi connectivity index (χ3n) is 2.98. The fourth-order valence-corrected chi connectivity index (χ4v) is 1.97. The van der Waals surface area contributed by atoms with Crippen molar-refractivity contribution < 1.29 is 13.9 Å². The number of benzene rings is 1. The molecule has 1 aliphatic heterocycles. The third-order valence-corrected chi connectivity index (χ3v) is 2.98. The normalized spacial score (nSPS) is 17.3. The van der Waals surface area contributed by atoms with Gasteiger partial charge in [-0.15, -0.1) is 0 Å². The number of Topliss-reactive ketones (excluding diaryl/α,β-unsaturated/α-hetero) is 1. The maximum Gasteiger partial charge on any atom is 0.163 e. The van der Waals surface area contributed by atoms with Gasteiger partial charge in [-0.2, -0.15) is 0 Å². The highest BCUT2D eigenvalue weighted by Crippen LogP contribution is 2.20. The molecule has 0 saturated carbocycles. The summed E-state index contributed by atoms with van der Waals surface area (Å²) in [4.78, 5) is 11.9. The molecule has 0 spiro atoms. The molecular formula is C13H15FO2. The Hall–Kier alpha value is -1.22. The van der Waals surface area contributed by atoms with Crippen molar-refractivity contribution in [2.75, 3.05) is 13.2 Å². The predicted octanol–water partition coefficient (Wildman–Crippen LogP) is 2.83. The van der Waals surface area contributed by atoms with E-state index in [4.69, 9.17) is 4.74 Å². The minimum Gasteiger partial charge on any atom is -0.381 e. The average Bonchev–Trinajstić information content (AvgIpc) is 2.31. The van der Waals surface area contributed by atoms with Crippen LogP contribution in [0.4, 0.5) is 4.39 Å². The molecule has 86 valence electrons. The quantitative estimate of drug-likeness (QED) is 0.735. The topological polar surface area (TPSA) is 26.3 Å². The van der Waals surface area contributed by atoms with Gasteiger partial charge in [0.15, 0.2) is 5.78 Å². The van der Waals surface area contributed by atoms with Gasteiger partial charge >= 0.3 is 0 Å². The highest BCUT2D eigenvalue weighted by atomic mass is 19.1. The van der Waals surface area contributed by atoms with Gasteiger partial charge in [-0.3, -0.25) is 4.79 Å². The van der Waals surface area contributed by atoms with Crippen molar-refractivity contribution in [1.29, 1.82) is 0 Å². The van der Waals surface area contributed by atoms with Crippen LogP contribution in [0.3, 0.4) is 0 Å². The Morgan fingerprint density at radius 3 is 2.50 bits per heavy atom. The number of ether oxygens (including phenoxy) is 1. The zero-order valence-electron chi connectivity index (χ0n) is 9.12. The number of hydrogen-bond donors (Lipinski definition) is 0. The second kappa shape index (κ2) is 5.21. The van der Waals surface area contributed by atoms with E-state index in [1.165, 1.54) is 12.1 Å². The van der Waals surface area contributed by atoms with E-state index < -0.39 is 0 Å². The van der Waals surface area contributed by atoms with Crippen LogP contribution in [0.25, 0.3) is 0 Å². The van der Waals surface area contributed by atoms with Crippen molar-refractivity contribution in [1.82, 2.24) is 0 Å². The Labute approximate surface area is 94.4 Å². The molecule has 1 aliphatic rings. The first kappa shape index (κ1) is 11.3. The van der Waals surface area contributed by atoms with E-state index in [9.17, 15) is 9.18 Å². The highest BCUT2D eigenvalue weighted by molar-refractivity contribution is 5.96. The van der Waals surface area contributed by atoms with Crippen LogP contribution in [-0.4, -0.2) is 19.0 Å². The lowest BCUT2D eigenvalue weighted by Gasteiger charge is -2.21. The Morgan fingerprint density at radius 2 is 1.88 bits per heavy atom. The summed E-state index contributed by atoms with van der Waals surface area (Å²) in [5.74, 6) is 0.223. The molecule has 1 aromatic rings.